The number of carboxylic acid groups (broad SMARTS) is 5. The van der Waals surface area contributed by atoms with Crippen LogP contribution in [0.3, 0.4) is 0 Å². The molecule has 0 heterocycles. The van der Waals surface area contributed by atoms with Gasteiger partial charge in [0.05, 0.1) is 14.2 Å². The molecule has 466 valence electrons. The van der Waals surface area contributed by atoms with Crippen LogP contribution >= 0.6 is 0 Å². The molecule has 0 bridgehead atoms. The molecule has 7 unspecified atom stereocenters. The van der Waals surface area contributed by atoms with Crippen LogP contribution in [0.1, 0.15) is 168 Å². The Kier molecular flexibility index (Phi) is 36.3. The van der Waals surface area contributed by atoms with Gasteiger partial charge in [-0.1, -0.05) is 71.1 Å². The molecule has 0 aliphatic heterocycles. The molecule has 0 aliphatic rings. The first-order valence-corrected chi connectivity index (χ1v) is 27.7. The van der Waals surface area contributed by atoms with E-state index in [0.717, 1.165) is 78.5 Å². The molecule has 82 heavy (non-hydrogen) atoms. The number of rotatable bonds is 44. The van der Waals surface area contributed by atoms with Crippen molar-refractivity contribution in [1.29, 1.82) is 0 Å². The van der Waals surface area contributed by atoms with Gasteiger partial charge in [0.1, 0.15) is 42.3 Å². The van der Waals surface area contributed by atoms with Gasteiger partial charge >= 0.3 is 41.8 Å². The minimum atomic E-state index is -1.69. The van der Waals surface area contributed by atoms with E-state index in [-0.39, 0.29) is 25.7 Å². The summed E-state index contributed by atoms with van der Waals surface area (Å²) in [5.74, 6) is -14.6. The van der Waals surface area contributed by atoms with Crippen molar-refractivity contribution in [2.45, 2.75) is 210 Å². The number of methoxy groups -OCH3 is 2. The average molecular weight is 1170 g/mol. The Hall–Kier alpha value is -7.42. The Morgan fingerprint density at radius 2 is 0.634 bits per heavy atom. The van der Waals surface area contributed by atoms with E-state index in [2.05, 4.69) is 17.6 Å². The number of hydrogen-bond acceptors (Lipinski definition) is 16. The number of amides is 7. The maximum absolute atomic E-state index is 13.5. The molecule has 0 saturated carbocycles. The van der Waals surface area contributed by atoms with Crippen molar-refractivity contribution in [3.05, 3.63) is 0 Å². The third-order valence-corrected chi connectivity index (χ3v) is 14.3. The van der Waals surface area contributed by atoms with E-state index in [1.165, 1.54) is 66.6 Å². The smallest absolute Gasteiger partial charge is 0.328 e. The van der Waals surface area contributed by atoms with Crippen molar-refractivity contribution < 1.29 is 102 Å². The molecule has 28 heteroatoms. The first kappa shape index (κ1) is 74.6. The summed E-state index contributed by atoms with van der Waals surface area (Å²) in [6.07, 6.45) is 6.26. The van der Waals surface area contributed by atoms with Gasteiger partial charge in [0.15, 0.2) is 0 Å². The third kappa shape index (κ3) is 27.8. The second kappa shape index (κ2) is 39.9. The normalized spacial score (nSPS) is 13.5. The second-order valence-electron chi connectivity index (χ2n) is 20.3. The van der Waals surface area contributed by atoms with Crippen LogP contribution in [-0.2, 0) is 76.6 Å². The standard InChI is InChI=1S/C54H89N7O21/c1-10-11-12-13-14-15-16-17-18-19-20-21-43(64)57(3)37(51(75)76)25-31-45(66)59(5)38(52(77)78)26-32-47(68)61(7)40(54(80)82-9)27-33-46(67)58(4)36(50(73)74)23-28-42(63)56-35(49(71)72)22-30-44(65)60(6)39(53(79)81-8)24-29-41(62)55-34(2)48(69)70/h34-40H,10-33H2,1-9H3,(H,55,62)(H,56,63)(H,69,70)(H,71,72)(H,73,74)(H,75,76)(H,77,78). The van der Waals surface area contributed by atoms with E-state index in [0.29, 0.717) is 6.42 Å². The molecule has 0 saturated heterocycles. The van der Waals surface area contributed by atoms with E-state index in [9.17, 15) is 87.5 Å². The lowest BCUT2D eigenvalue weighted by Gasteiger charge is -2.30. The number of carboxylic acids is 5. The fourth-order valence-corrected chi connectivity index (χ4v) is 8.83. The van der Waals surface area contributed by atoms with Crippen molar-refractivity contribution in [1.82, 2.24) is 35.1 Å². The lowest BCUT2D eigenvalue weighted by Crippen LogP contribution is -2.47. The van der Waals surface area contributed by atoms with Crippen LogP contribution in [0.5, 0.6) is 0 Å². The topological polar surface area (TPSA) is 399 Å². The first-order valence-electron chi connectivity index (χ1n) is 27.7. The number of likely N-dealkylation sites (N-methyl/N-ethyl adjacent to an activating group) is 5. The Balaban J connectivity index is 5.54. The number of carbonyl (C=O) groups excluding carboxylic acids is 9. The van der Waals surface area contributed by atoms with E-state index in [4.69, 9.17) is 14.6 Å². The van der Waals surface area contributed by atoms with Gasteiger partial charge in [-0.15, -0.1) is 0 Å². The fraction of sp³-hybridized carbons (Fsp3) is 0.741. The van der Waals surface area contributed by atoms with E-state index in [1.807, 2.05) is 0 Å². The quantitative estimate of drug-likeness (QED) is 0.0340. The van der Waals surface area contributed by atoms with Gasteiger partial charge < -0.3 is 70.1 Å². The van der Waals surface area contributed by atoms with Gasteiger partial charge in [-0.25, -0.2) is 28.8 Å². The summed E-state index contributed by atoms with van der Waals surface area (Å²) >= 11 is 0. The predicted octanol–water partition coefficient (Wildman–Crippen LogP) is 2.26. The summed E-state index contributed by atoms with van der Waals surface area (Å²) in [6, 6.07) is -10.3. The molecule has 0 fully saturated rings. The molecule has 7 amide bonds. The van der Waals surface area contributed by atoms with Crippen LogP contribution in [-0.4, -0.2) is 225 Å². The summed E-state index contributed by atoms with van der Waals surface area (Å²) in [7, 11) is 7.99. The number of carbonyl (C=O) groups is 14. The number of unbranched alkanes of at least 4 members (excludes halogenated alkanes) is 10. The summed E-state index contributed by atoms with van der Waals surface area (Å²) in [4.78, 5) is 181. The molecule has 0 aromatic carbocycles. The number of esters is 2. The number of aliphatic carboxylic acids is 5. The number of nitrogens with one attached hydrogen (secondary N) is 2. The third-order valence-electron chi connectivity index (χ3n) is 14.3. The van der Waals surface area contributed by atoms with Gasteiger partial charge in [0.2, 0.25) is 41.4 Å². The first-order chi connectivity index (χ1) is 38.5. The molecule has 0 radical (unpaired) electrons. The minimum Gasteiger partial charge on any atom is -0.480 e. The van der Waals surface area contributed by atoms with Gasteiger partial charge in [-0.2, -0.15) is 0 Å². The second-order valence-corrected chi connectivity index (χ2v) is 20.3. The van der Waals surface area contributed by atoms with Crippen molar-refractivity contribution in [3.63, 3.8) is 0 Å². The number of nitrogens with zero attached hydrogens (tertiary/aromatic N) is 5. The SMILES string of the molecule is CCCCCCCCCCCCCC(=O)N(C)C(CCC(=O)N(C)C(CCC(=O)N(C)C(CCC(=O)N(C)C(CCC(=O)NC(CCC(=O)N(C)C(CCC(=O)NC(C)C(=O)O)C(=O)OC)C(=O)O)C(=O)O)C(=O)OC)C(=O)O)C(=O)O. The monoisotopic (exact) mass is 1170 g/mol. The van der Waals surface area contributed by atoms with Crippen LogP contribution in [0.2, 0.25) is 0 Å². The Morgan fingerprint density at radius 3 is 0.963 bits per heavy atom. The highest BCUT2D eigenvalue weighted by Crippen LogP contribution is 2.19. The fourth-order valence-electron chi connectivity index (χ4n) is 8.83. The van der Waals surface area contributed by atoms with Crippen LogP contribution < -0.4 is 10.6 Å². The van der Waals surface area contributed by atoms with Gasteiger partial charge in [-0.05, 0) is 51.9 Å². The molecule has 0 aromatic rings. The minimum absolute atomic E-state index is 0.126. The van der Waals surface area contributed by atoms with Crippen LogP contribution in [0.15, 0.2) is 0 Å². The average Bonchev–Trinajstić information content (AvgIpc) is 3.42. The van der Waals surface area contributed by atoms with Crippen molar-refractivity contribution >= 4 is 83.1 Å². The van der Waals surface area contributed by atoms with Gasteiger partial charge in [0.25, 0.3) is 0 Å². The van der Waals surface area contributed by atoms with Gasteiger partial charge in [0, 0.05) is 80.2 Å². The predicted molar refractivity (Wildman–Crippen MR) is 291 cm³/mol. The maximum atomic E-state index is 13.5. The van der Waals surface area contributed by atoms with Crippen LogP contribution in [0, 0.1) is 0 Å². The maximum Gasteiger partial charge on any atom is 0.328 e. The highest BCUT2D eigenvalue weighted by molar-refractivity contribution is 5.90. The molecule has 0 aromatic heterocycles. The zero-order chi connectivity index (χ0) is 62.8. The highest BCUT2D eigenvalue weighted by Gasteiger charge is 2.36. The van der Waals surface area contributed by atoms with Crippen molar-refractivity contribution in [2.24, 2.45) is 0 Å². The Morgan fingerprint density at radius 1 is 0.354 bits per heavy atom. The molecule has 7 N–H and O–H groups in total. The number of ether oxygens (including phenoxy) is 2. The Labute approximate surface area is 478 Å². The molecule has 0 rings (SSSR count). The molecular formula is C54H89N7O21. The van der Waals surface area contributed by atoms with Crippen LogP contribution in [0.25, 0.3) is 0 Å². The van der Waals surface area contributed by atoms with Crippen molar-refractivity contribution in [2.75, 3.05) is 49.5 Å². The van der Waals surface area contributed by atoms with E-state index < -0.39 is 183 Å². The number of hydrogen-bond donors (Lipinski definition) is 7. The van der Waals surface area contributed by atoms with Crippen molar-refractivity contribution in [3.8, 4) is 0 Å². The molecule has 0 aliphatic carbocycles. The molecule has 28 nitrogen and oxygen atoms in total. The summed E-state index contributed by atoms with van der Waals surface area (Å²) in [5, 5.41) is 53.2. The molecule has 7 atom stereocenters. The largest absolute Gasteiger partial charge is 0.480 e. The summed E-state index contributed by atoms with van der Waals surface area (Å²) < 4.78 is 9.56. The summed E-state index contributed by atoms with van der Waals surface area (Å²) in [5.41, 5.74) is 0. The van der Waals surface area contributed by atoms with E-state index in [1.54, 1.807) is 0 Å². The highest BCUT2D eigenvalue weighted by atomic mass is 16.5. The Bertz CT molecular complexity index is 2180. The zero-order valence-corrected chi connectivity index (χ0v) is 49.0. The summed E-state index contributed by atoms with van der Waals surface area (Å²) in [6.45, 7) is 3.39. The lowest BCUT2D eigenvalue weighted by atomic mass is 10.0. The molecule has 0 spiro atoms. The zero-order valence-electron chi connectivity index (χ0n) is 49.0. The van der Waals surface area contributed by atoms with Crippen LogP contribution in [0.4, 0.5) is 0 Å². The lowest BCUT2D eigenvalue weighted by molar-refractivity contribution is -0.154. The van der Waals surface area contributed by atoms with E-state index >= 15 is 0 Å². The molecular weight excluding hydrogens is 1080 g/mol. The van der Waals surface area contributed by atoms with Gasteiger partial charge in [-0.3, -0.25) is 38.4 Å².